The molecule has 1 saturated heterocycles. The number of nitrogens with one attached hydrogen (secondary N) is 1. The van der Waals surface area contributed by atoms with Crippen LogP contribution >= 0.6 is 0 Å². The predicted molar refractivity (Wildman–Crippen MR) is 82.1 cm³/mol. The number of amides is 1. The van der Waals surface area contributed by atoms with Crippen molar-refractivity contribution in [2.75, 3.05) is 13.1 Å². The Kier molecular flexibility index (Phi) is 5.05. The van der Waals surface area contributed by atoms with E-state index in [1.54, 1.807) is 0 Å². The molecule has 1 heterocycles. The van der Waals surface area contributed by atoms with E-state index in [0.717, 1.165) is 5.56 Å². The number of carbonyl (C=O) groups excluding carboxylic acids is 1. The maximum Gasteiger partial charge on any atom is 0.407 e. The number of hydrogen-bond donors (Lipinski definition) is 2. The van der Waals surface area contributed by atoms with Crippen LogP contribution in [-0.4, -0.2) is 37.4 Å². The van der Waals surface area contributed by atoms with E-state index < -0.39 is 21.8 Å². The first-order chi connectivity index (χ1) is 10.3. The van der Waals surface area contributed by atoms with E-state index in [0.29, 0.717) is 12.8 Å². The topological polar surface area (TPSA) is 102 Å². The average Bonchev–Trinajstić information content (AvgIpc) is 2.45. The molecule has 1 aliphatic heterocycles. The fourth-order valence-electron chi connectivity index (χ4n) is 2.36. The molecule has 1 amide bonds. The molecule has 8 heteroatoms. The first kappa shape index (κ1) is 16.7. The number of benzene rings is 1. The average molecular weight is 327 g/mol. The normalized spacial score (nSPS) is 18.6. The zero-order chi connectivity index (χ0) is 16.2. The lowest BCUT2D eigenvalue weighted by Gasteiger charge is -2.38. The van der Waals surface area contributed by atoms with Gasteiger partial charge in [0, 0.05) is 18.6 Å². The summed E-state index contributed by atoms with van der Waals surface area (Å²) in [6.07, 6.45) is 0.476. The minimum absolute atomic E-state index is 0.200. The number of rotatable bonds is 4. The summed E-state index contributed by atoms with van der Waals surface area (Å²) in [6.45, 7) is 2.64. The lowest BCUT2D eigenvalue weighted by atomic mass is 9.91. The molecule has 0 aliphatic carbocycles. The van der Waals surface area contributed by atoms with Crippen LogP contribution in [0, 0.1) is 0 Å². The highest BCUT2D eigenvalue weighted by molar-refractivity contribution is 7.86. The molecule has 1 aromatic carbocycles. The van der Waals surface area contributed by atoms with Crippen LogP contribution in [0.25, 0.3) is 0 Å². The highest BCUT2D eigenvalue weighted by atomic mass is 32.2. The predicted octanol–water partition coefficient (Wildman–Crippen LogP) is 0.971. The number of carbonyl (C=O) groups is 1. The van der Waals surface area contributed by atoms with Crippen molar-refractivity contribution in [3.8, 4) is 0 Å². The van der Waals surface area contributed by atoms with Gasteiger partial charge in [-0.3, -0.25) is 0 Å². The largest absolute Gasteiger partial charge is 0.445 e. The van der Waals surface area contributed by atoms with Crippen LogP contribution in [0.3, 0.4) is 0 Å². The van der Waals surface area contributed by atoms with Gasteiger partial charge in [-0.15, -0.1) is 0 Å². The van der Waals surface area contributed by atoms with Crippen molar-refractivity contribution in [2.45, 2.75) is 31.9 Å². The minimum Gasteiger partial charge on any atom is -0.445 e. The molecular weight excluding hydrogens is 306 g/mol. The summed E-state index contributed by atoms with van der Waals surface area (Å²) < 4.78 is 28.9. The van der Waals surface area contributed by atoms with E-state index >= 15 is 0 Å². The van der Waals surface area contributed by atoms with Gasteiger partial charge in [-0.25, -0.2) is 9.93 Å². The second-order valence-corrected chi connectivity index (χ2v) is 7.24. The quantitative estimate of drug-likeness (QED) is 0.860. The molecule has 0 atom stereocenters. The second-order valence-electron chi connectivity index (χ2n) is 5.69. The van der Waals surface area contributed by atoms with Crippen LogP contribution < -0.4 is 10.5 Å². The molecule has 0 aromatic heterocycles. The van der Waals surface area contributed by atoms with Crippen molar-refractivity contribution in [3.63, 3.8) is 0 Å². The molecule has 1 fully saturated rings. The molecule has 1 aromatic rings. The Morgan fingerprint density at radius 2 is 1.91 bits per heavy atom. The van der Waals surface area contributed by atoms with Gasteiger partial charge >= 0.3 is 6.09 Å². The third kappa shape index (κ3) is 4.69. The second kappa shape index (κ2) is 6.64. The first-order valence-corrected chi connectivity index (χ1v) is 8.56. The van der Waals surface area contributed by atoms with Gasteiger partial charge in [0.25, 0.3) is 10.2 Å². The van der Waals surface area contributed by atoms with Gasteiger partial charge in [-0.05, 0) is 25.3 Å². The van der Waals surface area contributed by atoms with Crippen molar-refractivity contribution in [1.82, 2.24) is 9.62 Å². The lowest BCUT2D eigenvalue weighted by Crippen LogP contribution is -2.55. The molecule has 122 valence electrons. The number of hydrogen-bond acceptors (Lipinski definition) is 4. The third-order valence-electron chi connectivity index (χ3n) is 3.80. The van der Waals surface area contributed by atoms with Crippen molar-refractivity contribution >= 4 is 16.3 Å². The van der Waals surface area contributed by atoms with E-state index in [4.69, 9.17) is 9.88 Å². The molecule has 22 heavy (non-hydrogen) atoms. The Morgan fingerprint density at radius 1 is 1.32 bits per heavy atom. The van der Waals surface area contributed by atoms with Gasteiger partial charge in [-0.1, -0.05) is 30.3 Å². The molecule has 0 saturated carbocycles. The number of piperidine rings is 1. The Morgan fingerprint density at radius 3 is 2.45 bits per heavy atom. The first-order valence-electron chi connectivity index (χ1n) is 7.05. The Balaban J connectivity index is 1.82. The SMILES string of the molecule is CC1(NC(=O)OCc2ccccc2)CCN(S(N)(=O)=O)CC1. The van der Waals surface area contributed by atoms with Gasteiger partial charge in [0.2, 0.25) is 0 Å². The maximum atomic E-state index is 11.9. The fraction of sp³-hybridized carbons (Fsp3) is 0.500. The van der Waals surface area contributed by atoms with Crippen molar-refractivity contribution in [1.29, 1.82) is 0 Å². The van der Waals surface area contributed by atoms with Crippen LogP contribution in [0.4, 0.5) is 4.79 Å². The monoisotopic (exact) mass is 327 g/mol. The molecule has 0 radical (unpaired) electrons. The Hall–Kier alpha value is -1.64. The van der Waals surface area contributed by atoms with Gasteiger partial charge in [0.05, 0.1) is 0 Å². The molecule has 7 nitrogen and oxygen atoms in total. The van der Waals surface area contributed by atoms with Crippen LogP contribution in [0.15, 0.2) is 30.3 Å². The highest BCUT2D eigenvalue weighted by Gasteiger charge is 2.35. The zero-order valence-electron chi connectivity index (χ0n) is 12.5. The number of alkyl carbamates (subject to hydrolysis) is 1. The summed E-state index contributed by atoms with van der Waals surface area (Å²) >= 11 is 0. The highest BCUT2D eigenvalue weighted by Crippen LogP contribution is 2.22. The van der Waals surface area contributed by atoms with Crippen molar-refractivity contribution in [2.24, 2.45) is 5.14 Å². The van der Waals surface area contributed by atoms with E-state index in [1.165, 1.54) is 4.31 Å². The van der Waals surface area contributed by atoms with Gasteiger partial charge in [0.15, 0.2) is 0 Å². The van der Waals surface area contributed by atoms with E-state index in [9.17, 15) is 13.2 Å². The van der Waals surface area contributed by atoms with Crippen molar-refractivity contribution in [3.05, 3.63) is 35.9 Å². The summed E-state index contributed by atoms with van der Waals surface area (Å²) in [6, 6.07) is 9.39. The molecule has 0 bridgehead atoms. The summed E-state index contributed by atoms with van der Waals surface area (Å²) in [5.41, 5.74) is 0.418. The molecule has 3 N–H and O–H groups in total. The zero-order valence-corrected chi connectivity index (χ0v) is 13.3. The van der Waals surface area contributed by atoms with Crippen LogP contribution in [-0.2, 0) is 21.6 Å². The molecule has 0 spiro atoms. The Bertz CT molecular complexity index is 610. The Labute approximate surface area is 130 Å². The number of ether oxygens (including phenoxy) is 1. The minimum atomic E-state index is -3.66. The van der Waals surface area contributed by atoms with Crippen molar-refractivity contribution < 1.29 is 17.9 Å². The van der Waals surface area contributed by atoms with Gasteiger partial charge in [-0.2, -0.15) is 12.7 Å². The van der Waals surface area contributed by atoms with E-state index in [2.05, 4.69) is 5.32 Å². The standard InChI is InChI=1S/C14H21N3O4S/c1-14(7-9-17(10-8-14)22(15,19)20)16-13(18)21-11-12-5-3-2-4-6-12/h2-6H,7-11H2,1H3,(H,16,18)(H2,15,19,20). The smallest absolute Gasteiger partial charge is 0.407 e. The summed E-state index contributed by atoms with van der Waals surface area (Å²) in [7, 11) is -3.66. The molecule has 2 rings (SSSR count). The summed E-state index contributed by atoms with van der Waals surface area (Å²) in [4.78, 5) is 11.9. The van der Waals surface area contributed by atoms with Gasteiger partial charge in [0.1, 0.15) is 6.61 Å². The number of nitrogens with zero attached hydrogens (tertiary/aromatic N) is 1. The van der Waals surface area contributed by atoms with E-state index in [-0.39, 0.29) is 19.7 Å². The summed E-state index contributed by atoms with van der Waals surface area (Å²) in [5.74, 6) is 0. The maximum absolute atomic E-state index is 11.9. The van der Waals surface area contributed by atoms with Gasteiger partial charge < -0.3 is 10.1 Å². The van der Waals surface area contributed by atoms with Crippen LogP contribution in [0.5, 0.6) is 0 Å². The molecular formula is C14H21N3O4S. The van der Waals surface area contributed by atoms with E-state index in [1.807, 2.05) is 37.3 Å². The lowest BCUT2D eigenvalue weighted by molar-refractivity contribution is 0.117. The number of nitrogens with two attached hydrogens (primary N) is 1. The molecule has 1 aliphatic rings. The van der Waals surface area contributed by atoms with Crippen LogP contribution in [0.1, 0.15) is 25.3 Å². The summed E-state index contributed by atoms with van der Waals surface area (Å²) in [5, 5.41) is 7.91. The van der Waals surface area contributed by atoms with Crippen LogP contribution in [0.2, 0.25) is 0 Å². The fourth-order valence-corrected chi connectivity index (χ4v) is 3.06. The molecule has 0 unspecified atom stereocenters. The third-order valence-corrected chi connectivity index (χ3v) is 4.89.